The Bertz CT molecular complexity index is 726. The molecule has 0 saturated heterocycles. The molecule has 0 fully saturated rings. The van der Waals surface area contributed by atoms with Gasteiger partial charge in [0.1, 0.15) is 0 Å². The van der Waals surface area contributed by atoms with E-state index in [0.29, 0.717) is 11.3 Å². The van der Waals surface area contributed by atoms with Crippen LogP contribution in [0.15, 0.2) is 28.7 Å². The van der Waals surface area contributed by atoms with Gasteiger partial charge in [-0.15, -0.1) is 0 Å². The van der Waals surface area contributed by atoms with Gasteiger partial charge in [-0.3, -0.25) is 9.48 Å². The van der Waals surface area contributed by atoms with Gasteiger partial charge in [0.2, 0.25) is 0 Å². The van der Waals surface area contributed by atoms with Crippen LogP contribution in [0.3, 0.4) is 0 Å². The van der Waals surface area contributed by atoms with Crippen molar-refractivity contribution >= 4 is 27.5 Å². The molecule has 0 bridgehead atoms. The molecule has 0 radical (unpaired) electrons. The summed E-state index contributed by atoms with van der Waals surface area (Å²) in [5.41, 5.74) is 1.45. The van der Waals surface area contributed by atoms with Crippen molar-refractivity contribution in [1.29, 1.82) is 0 Å². The first-order chi connectivity index (χ1) is 9.97. The molecule has 1 aliphatic rings. The number of carbonyl (C=O) groups is 1. The summed E-state index contributed by atoms with van der Waals surface area (Å²) in [5.74, 6) is -0.394. The van der Waals surface area contributed by atoms with E-state index < -0.39 is 11.5 Å². The number of carbonyl (C=O) groups excluding carboxylic acids is 1. The van der Waals surface area contributed by atoms with Crippen LogP contribution in [0, 0.1) is 0 Å². The van der Waals surface area contributed by atoms with Gasteiger partial charge in [-0.1, -0.05) is 25.1 Å². The molecule has 21 heavy (non-hydrogen) atoms. The average molecular weight is 350 g/mol. The molecule has 2 N–H and O–H groups in total. The number of anilines is 1. The van der Waals surface area contributed by atoms with Crippen LogP contribution in [0.5, 0.6) is 0 Å². The Labute approximate surface area is 131 Å². The van der Waals surface area contributed by atoms with Gasteiger partial charge in [-0.2, -0.15) is 5.10 Å². The molecule has 1 aliphatic heterocycles. The van der Waals surface area contributed by atoms with Crippen molar-refractivity contribution < 1.29 is 9.90 Å². The number of rotatable bonds is 3. The number of aliphatic hydroxyl groups is 1. The van der Waals surface area contributed by atoms with Crippen molar-refractivity contribution in [2.45, 2.75) is 25.4 Å². The molecule has 2 aromatic rings. The van der Waals surface area contributed by atoms with E-state index in [1.807, 2.05) is 26.1 Å². The van der Waals surface area contributed by atoms with Crippen molar-refractivity contribution in [1.82, 2.24) is 9.78 Å². The Morgan fingerprint density at radius 3 is 2.81 bits per heavy atom. The van der Waals surface area contributed by atoms with E-state index in [2.05, 4.69) is 26.3 Å². The molecule has 1 aromatic heterocycles. The summed E-state index contributed by atoms with van der Waals surface area (Å²) in [4.78, 5) is 12.3. The van der Waals surface area contributed by atoms with E-state index in [1.54, 1.807) is 16.8 Å². The monoisotopic (exact) mass is 349 g/mol. The molecule has 6 heteroatoms. The first kappa shape index (κ1) is 14.3. The zero-order valence-electron chi connectivity index (χ0n) is 11.9. The molecule has 1 amide bonds. The second kappa shape index (κ2) is 4.96. The van der Waals surface area contributed by atoms with E-state index in [1.165, 1.54) is 0 Å². The minimum Gasteiger partial charge on any atom is -0.375 e. The number of hydrogen-bond acceptors (Lipinski definition) is 3. The summed E-state index contributed by atoms with van der Waals surface area (Å²) in [6.07, 6.45) is 0.968. The smallest absolute Gasteiger partial charge is 0.261 e. The summed E-state index contributed by atoms with van der Waals surface area (Å²) in [5, 5.41) is 18.1. The maximum Gasteiger partial charge on any atom is 0.261 e. The van der Waals surface area contributed by atoms with E-state index >= 15 is 0 Å². The van der Waals surface area contributed by atoms with Crippen molar-refractivity contribution in [3.8, 4) is 0 Å². The molecular weight excluding hydrogens is 334 g/mol. The van der Waals surface area contributed by atoms with Crippen LogP contribution in [0.2, 0.25) is 0 Å². The molecule has 1 atom stereocenters. The van der Waals surface area contributed by atoms with E-state index in [9.17, 15) is 9.90 Å². The predicted octanol–water partition coefficient (Wildman–Crippen LogP) is 2.13. The maximum absolute atomic E-state index is 12.3. The van der Waals surface area contributed by atoms with Crippen LogP contribution in [-0.2, 0) is 30.3 Å². The minimum absolute atomic E-state index is 0.180. The SMILES string of the molecule is CCc1nn(C)c(CC2(O)C(=O)Nc3ccccc32)c1Br. The number of fused-ring (bicyclic) bond motifs is 1. The van der Waals surface area contributed by atoms with Gasteiger partial charge >= 0.3 is 0 Å². The predicted molar refractivity (Wildman–Crippen MR) is 83.0 cm³/mol. The number of hydrogen-bond donors (Lipinski definition) is 2. The molecule has 0 spiro atoms. The van der Waals surface area contributed by atoms with Gasteiger partial charge in [0, 0.05) is 24.7 Å². The Balaban J connectivity index is 2.05. The molecule has 3 rings (SSSR count). The third kappa shape index (κ3) is 2.10. The zero-order valence-corrected chi connectivity index (χ0v) is 13.4. The fourth-order valence-corrected chi connectivity index (χ4v) is 3.49. The lowest BCUT2D eigenvalue weighted by molar-refractivity contribution is -0.133. The summed E-state index contributed by atoms with van der Waals surface area (Å²) >= 11 is 3.53. The Kier molecular flexibility index (Phi) is 3.37. The summed E-state index contributed by atoms with van der Waals surface area (Å²) in [6.45, 7) is 2.02. The third-order valence-electron chi connectivity index (χ3n) is 3.92. The minimum atomic E-state index is -1.56. The number of para-hydroxylation sites is 1. The highest BCUT2D eigenvalue weighted by Gasteiger charge is 2.46. The first-order valence-corrected chi connectivity index (χ1v) is 7.60. The lowest BCUT2D eigenvalue weighted by atomic mass is 9.90. The average Bonchev–Trinajstić information content (AvgIpc) is 2.88. The van der Waals surface area contributed by atoms with E-state index in [0.717, 1.165) is 22.3 Å². The highest BCUT2D eigenvalue weighted by molar-refractivity contribution is 9.10. The molecule has 0 aliphatic carbocycles. The van der Waals surface area contributed by atoms with Crippen molar-refractivity contribution in [2.75, 3.05) is 5.32 Å². The van der Waals surface area contributed by atoms with Crippen LogP contribution < -0.4 is 5.32 Å². The molecule has 5 nitrogen and oxygen atoms in total. The van der Waals surface area contributed by atoms with Gasteiger partial charge < -0.3 is 10.4 Å². The van der Waals surface area contributed by atoms with E-state index in [4.69, 9.17) is 0 Å². The number of amides is 1. The zero-order chi connectivity index (χ0) is 15.2. The number of nitrogens with one attached hydrogen (secondary N) is 1. The highest BCUT2D eigenvalue weighted by atomic mass is 79.9. The quantitative estimate of drug-likeness (QED) is 0.891. The van der Waals surface area contributed by atoms with Gasteiger partial charge in [0.05, 0.1) is 15.9 Å². The number of halogens is 1. The largest absolute Gasteiger partial charge is 0.375 e. The number of aromatic nitrogens is 2. The van der Waals surface area contributed by atoms with Crippen molar-refractivity contribution in [2.24, 2.45) is 7.05 Å². The maximum atomic E-state index is 12.3. The van der Waals surface area contributed by atoms with Crippen LogP contribution in [-0.4, -0.2) is 20.8 Å². The van der Waals surface area contributed by atoms with Gasteiger partial charge in [-0.25, -0.2) is 0 Å². The molecular formula is C15H16BrN3O2. The summed E-state index contributed by atoms with van der Waals surface area (Å²) < 4.78 is 2.58. The van der Waals surface area contributed by atoms with Crippen LogP contribution in [0.1, 0.15) is 23.9 Å². The van der Waals surface area contributed by atoms with Gasteiger partial charge in [0.25, 0.3) is 5.91 Å². The van der Waals surface area contributed by atoms with Gasteiger partial charge in [0.15, 0.2) is 5.60 Å². The molecule has 110 valence electrons. The second-order valence-corrected chi connectivity index (χ2v) is 6.01. The fourth-order valence-electron chi connectivity index (χ4n) is 2.73. The molecule has 2 heterocycles. The normalized spacial score (nSPS) is 20.5. The summed E-state index contributed by atoms with van der Waals surface area (Å²) in [6, 6.07) is 7.22. The molecule has 1 unspecified atom stereocenters. The fraction of sp³-hybridized carbons (Fsp3) is 0.333. The Morgan fingerprint density at radius 1 is 1.43 bits per heavy atom. The second-order valence-electron chi connectivity index (χ2n) is 5.22. The number of aryl methyl sites for hydroxylation is 2. The standard InChI is InChI=1S/C15H16BrN3O2/c1-3-10-13(16)12(19(2)18-10)8-15(21)9-6-4-5-7-11(9)17-14(15)20/h4-7,21H,3,8H2,1-2H3,(H,17,20). The highest BCUT2D eigenvalue weighted by Crippen LogP contribution is 2.39. The topological polar surface area (TPSA) is 67.1 Å². The molecule has 0 saturated carbocycles. The summed E-state index contributed by atoms with van der Waals surface area (Å²) in [7, 11) is 1.82. The van der Waals surface area contributed by atoms with E-state index in [-0.39, 0.29) is 6.42 Å². The first-order valence-electron chi connectivity index (χ1n) is 6.81. The third-order valence-corrected chi connectivity index (χ3v) is 4.84. The van der Waals surface area contributed by atoms with Crippen LogP contribution >= 0.6 is 15.9 Å². The lowest BCUT2D eigenvalue weighted by Crippen LogP contribution is -2.37. The van der Waals surface area contributed by atoms with Crippen molar-refractivity contribution in [3.63, 3.8) is 0 Å². The Morgan fingerprint density at radius 2 is 2.14 bits per heavy atom. The van der Waals surface area contributed by atoms with Crippen LogP contribution in [0.25, 0.3) is 0 Å². The van der Waals surface area contributed by atoms with Crippen LogP contribution in [0.4, 0.5) is 5.69 Å². The number of benzene rings is 1. The van der Waals surface area contributed by atoms with Gasteiger partial charge in [-0.05, 0) is 28.4 Å². The Hall–Kier alpha value is -1.66. The number of nitrogens with zero attached hydrogens (tertiary/aromatic N) is 2. The van der Waals surface area contributed by atoms with Crippen molar-refractivity contribution in [3.05, 3.63) is 45.7 Å². The molecule has 1 aromatic carbocycles. The lowest BCUT2D eigenvalue weighted by Gasteiger charge is -2.21.